The van der Waals surface area contributed by atoms with Crippen molar-refractivity contribution in [3.8, 4) is 0 Å². The van der Waals surface area contributed by atoms with Crippen molar-refractivity contribution in [2.75, 3.05) is 17.8 Å². The number of nitrogens with zero attached hydrogens (tertiary/aromatic N) is 1. The second-order valence-electron chi connectivity index (χ2n) is 6.97. The number of sulfonamides is 1. The number of carbonyl (C=O) groups excluding carboxylic acids is 1. The first kappa shape index (κ1) is 18.5. The SMILES string of the molecule is Cc1cccc(NS(=O)(=O)c2ccc(C(=O)N3CCC(C)CC3)cc2)c1. The Bertz CT molecular complexity index is 884. The summed E-state index contributed by atoms with van der Waals surface area (Å²) in [5.74, 6) is 0.617. The summed E-state index contributed by atoms with van der Waals surface area (Å²) in [5, 5.41) is 0. The van der Waals surface area contributed by atoms with Gasteiger partial charge in [-0.05, 0) is 67.6 Å². The standard InChI is InChI=1S/C20H24N2O3S/c1-15-10-12-22(13-11-15)20(23)17-6-8-19(9-7-17)26(24,25)21-18-5-3-4-16(2)14-18/h3-9,14-15,21H,10-13H2,1-2H3. The Hall–Kier alpha value is -2.34. The van der Waals surface area contributed by atoms with Gasteiger partial charge in [0.1, 0.15) is 0 Å². The number of likely N-dealkylation sites (tertiary alicyclic amines) is 1. The van der Waals surface area contributed by atoms with E-state index in [-0.39, 0.29) is 10.8 Å². The third-order valence-corrected chi connectivity index (χ3v) is 6.15. The number of nitrogens with one attached hydrogen (secondary N) is 1. The van der Waals surface area contributed by atoms with Gasteiger partial charge in [0.2, 0.25) is 0 Å². The smallest absolute Gasteiger partial charge is 0.261 e. The molecule has 1 heterocycles. The molecule has 1 aliphatic heterocycles. The van der Waals surface area contributed by atoms with E-state index in [0.717, 1.165) is 31.5 Å². The lowest BCUT2D eigenvalue weighted by molar-refractivity contribution is 0.0697. The monoisotopic (exact) mass is 372 g/mol. The fourth-order valence-corrected chi connectivity index (χ4v) is 4.14. The average Bonchev–Trinajstić information content (AvgIpc) is 2.61. The maximum absolute atomic E-state index is 12.6. The van der Waals surface area contributed by atoms with E-state index in [1.165, 1.54) is 12.1 Å². The summed E-state index contributed by atoms with van der Waals surface area (Å²) >= 11 is 0. The fraction of sp³-hybridized carbons (Fsp3) is 0.350. The molecule has 1 amide bonds. The fourth-order valence-electron chi connectivity index (χ4n) is 3.09. The largest absolute Gasteiger partial charge is 0.339 e. The molecule has 5 nitrogen and oxygen atoms in total. The van der Waals surface area contributed by atoms with Gasteiger partial charge >= 0.3 is 0 Å². The zero-order chi connectivity index (χ0) is 18.7. The van der Waals surface area contributed by atoms with Gasteiger partial charge in [-0.3, -0.25) is 9.52 Å². The Balaban J connectivity index is 1.73. The number of piperidine rings is 1. The molecule has 0 aliphatic carbocycles. The molecule has 0 spiro atoms. The molecule has 2 aromatic rings. The number of amides is 1. The molecule has 1 saturated heterocycles. The summed E-state index contributed by atoms with van der Waals surface area (Å²) in [6, 6.07) is 13.3. The van der Waals surface area contributed by atoms with Gasteiger partial charge in [0.25, 0.3) is 15.9 Å². The molecule has 138 valence electrons. The molecule has 0 aromatic heterocycles. The van der Waals surface area contributed by atoms with E-state index in [2.05, 4.69) is 11.6 Å². The van der Waals surface area contributed by atoms with Gasteiger partial charge in [-0.25, -0.2) is 8.42 Å². The Morgan fingerprint density at radius 3 is 2.35 bits per heavy atom. The van der Waals surface area contributed by atoms with Crippen LogP contribution in [0.5, 0.6) is 0 Å². The lowest BCUT2D eigenvalue weighted by Crippen LogP contribution is -2.37. The molecule has 0 saturated carbocycles. The van der Waals surface area contributed by atoms with Gasteiger partial charge in [0.15, 0.2) is 0 Å². The lowest BCUT2D eigenvalue weighted by atomic mass is 9.98. The van der Waals surface area contributed by atoms with Crippen LogP contribution in [0.2, 0.25) is 0 Å². The van der Waals surface area contributed by atoms with Crippen molar-refractivity contribution < 1.29 is 13.2 Å². The highest BCUT2D eigenvalue weighted by Gasteiger charge is 2.22. The third kappa shape index (κ3) is 4.25. The summed E-state index contributed by atoms with van der Waals surface area (Å²) in [6.45, 7) is 5.62. The van der Waals surface area contributed by atoms with Crippen molar-refractivity contribution in [3.63, 3.8) is 0 Å². The number of rotatable bonds is 4. The zero-order valence-electron chi connectivity index (χ0n) is 15.1. The first-order valence-corrected chi connectivity index (χ1v) is 10.3. The van der Waals surface area contributed by atoms with Crippen LogP contribution in [0.3, 0.4) is 0 Å². The Kier molecular flexibility index (Phi) is 5.32. The van der Waals surface area contributed by atoms with Crippen LogP contribution < -0.4 is 4.72 Å². The summed E-state index contributed by atoms with van der Waals surface area (Å²) in [5.41, 5.74) is 2.02. The number of anilines is 1. The van der Waals surface area contributed by atoms with E-state index in [1.807, 2.05) is 17.9 Å². The van der Waals surface area contributed by atoms with Gasteiger partial charge in [0, 0.05) is 24.3 Å². The van der Waals surface area contributed by atoms with E-state index in [4.69, 9.17) is 0 Å². The number of carbonyl (C=O) groups is 1. The van der Waals surface area contributed by atoms with Crippen LogP contribution in [0.1, 0.15) is 35.7 Å². The third-order valence-electron chi connectivity index (χ3n) is 4.75. The summed E-state index contributed by atoms with van der Waals surface area (Å²) < 4.78 is 27.6. The van der Waals surface area contributed by atoms with Crippen LogP contribution in [0.15, 0.2) is 53.4 Å². The first-order chi connectivity index (χ1) is 12.3. The molecule has 26 heavy (non-hydrogen) atoms. The van der Waals surface area contributed by atoms with E-state index in [0.29, 0.717) is 17.2 Å². The Labute approximate surface area is 155 Å². The van der Waals surface area contributed by atoms with Crippen LogP contribution >= 0.6 is 0 Å². The van der Waals surface area contributed by atoms with Crippen molar-refractivity contribution in [1.82, 2.24) is 4.90 Å². The van der Waals surface area contributed by atoms with Crippen molar-refractivity contribution in [2.24, 2.45) is 5.92 Å². The molecule has 2 aromatic carbocycles. The molecule has 3 rings (SSSR count). The van der Waals surface area contributed by atoms with Crippen molar-refractivity contribution in [3.05, 3.63) is 59.7 Å². The highest BCUT2D eigenvalue weighted by Crippen LogP contribution is 2.20. The maximum atomic E-state index is 12.6. The molecule has 1 fully saturated rings. The van der Waals surface area contributed by atoms with Gasteiger partial charge in [0.05, 0.1) is 4.90 Å². The van der Waals surface area contributed by atoms with E-state index in [9.17, 15) is 13.2 Å². The second-order valence-corrected chi connectivity index (χ2v) is 8.66. The molecule has 0 bridgehead atoms. The van der Waals surface area contributed by atoms with Crippen LogP contribution in [-0.4, -0.2) is 32.3 Å². The Morgan fingerprint density at radius 1 is 1.08 bits per heavy atom. The van der Waals surface area contributed by atoms with Gasteiger partial charge in [-0.2, -0.15) is 0 Å². The quantitative estimate of drug-likeness (QED) is 0.890. The molecule has 0 radical (unpaired) electrons. The molecule has 6 heteroatoms. The lowest BCUT2D eigenvalue weighted by Gasteiger charge is -2.30. The van der Waals surface area contributed by atoms with Gasteiger partial charge in [-0.15, -0.1) is 0 Å². The minimum Gasteiger partial charge on any atom is -0.339 e. The van der Waals surface area contributed by atoms with Gasteiger partial charge < -0.3 is 4.90 Å². The molecular formula is C20H24N2O3S. The van der Waals surface area contributed by atoms with Crippen LogP contribution in [0.25, 0.3) is 0 Å². The number of benzene rings is 2. The highest BCUT2D eigenvalue weighted by molar-refractivity contribution is 7.92. The average molecular weight is 372 g/mol. The number of aryl methyl sites for hydroxylation is 1. The second kappa shape index (κ2) is 7.50. The van der Waals surface area contributed by atoms with E-state index in [1.54, 1.807) is 30.3 Å². The summed E-state index contributed by atoms with van der Waals surface area (Å²) in [6.07, 6.45) is 2.03. The topological polar surface area (TPSA) is 66.5 Å². The summed E-state index contributed by atoms with van der Waals surface area (Å²) in [7, 11) is -3.68. The zero-order valence-corrected chi connectivity index (χ0v) is 15.9. The predicted molar refractivity (Wildman–Crippen MR) is 103 cm³/mol. The molecule has 0 unspecified atom stereocenters. The summed E-state index contributed by atoms with van der Waals surface area (Å²) in [4.78, 5) is 14.5. The van der Waals surface area contributed by atoms with E-state index < -0.39 is 10.0 Å². The minimum absolute atomic E-state index is 0.0347. The normalized spacial score (nSPS) is 15.7. The predicted octanol–water partition coefficient (Wildman–Crippen LogP) is 3.67. The van der Waals surface area contributed by atoms with Crippen LogP contribution in [-0.2, 0) is 10.0 Å². The molecule has 1 aliphatic rings. The van der Waals surface area contributed by atoms with Crippen LogP contribution in [0, 0.1) is 12.8 Å². The highest BCUT2D eigenvalue weighted by atomic mass is 32.2. The van der Waals surface area contributed by atoms with Gasteiger partial charge in [-0.1, -0.05) is 19.1 Å². The molecule has 1 N–H and O–H groups in total. The minimum atomic E-state index is -3.68. The maximum Gasteiger partial charge on any atom is 0.261 e. The van der Waals surface area contributed by atoms with Crippen LogP contribution in [0.4, 0.5) is 5.69 Å². The molecule has 0 atom stereocenters. The first-order valence-electron chi connectivity index (χ1n) is 8.84. The van der Waals surface area contributed by atoms with Crippen molar-refractivity contribution in [1.29, 1.82) is 0 Å². The van der Waals surface area contributed by atoms with Crippen molar-refractivity contribution >= 4 is 21.6 Å². The number of hydrogen-bond donors (Lipinski definition) is 1. The Morgan fingerprint density at radius 2 is 1.73 bits per heavy atom. The molecular weight excluding hydrogens is 348 g/mol. The van der Waals surface area contributed by atoms with E-state index >= 15 is 0 Å². The number of hydrogen-bond acceptors (Lipinski definition) is 3. The van der Waals surface area contributed by atoms with Crippen molar-refractivity contribution in [2.45, 2.75) is 31.6 Å².